The summed E-state index contributed by atoms with van der Waals surface area (Å²) < 4.78 is 5.07. The molecular formula is C13H15NO2S. The summed E-state index contributed by atoms with van der Waals surface area (Å²) in [5.41, 5.74) is 1.40. The van der Waals surface area contributed by atoms with E-state index in [0.29, 0.717) is 6.61 Å². The normalized spacial score (nSPS) is 31.4. The molecule has 2 unspecified atom stereocenters. The summed E-state index contributed by atoms with van der Waals surface area (Å²) in [5.74, 6) is 0. The van der Waals surface area contributed by atoms with Gasteiger partial charge in [-0.2, -0.15) is 11.3 Å². The van der Waals surface area contributed by atoms with Crippen molar-refractivity contribution in [2.24, 2.45) is 0 Å². The number of fused-ring (bicyclic) bond motifs is 1. The molecule has 1 aromatic rings. The van der Waals surface area contributed by atoms with Gasteiger partial charge in [-0.3, -0.25) is 0 Å². The predicted octanol–water partition coefficient (Wildman–Crippen LogP) is 2.79. The Morgan fingerprint density at radius 3 is 3.24 bits per heavy atom. The molecule has 4 heteroatoms. The van der Waals surface area contributed by atoms with Crippen molar-refractivity contribution in [3.63, 3.8) is 0 Å². The highest BCUT2D eigenvalue weighted by molar-refractivity contribution is 7.08. The molecule has 3 heterocycles. The first kappa shape index (κ1) is 10.8. The molecule has 2 aliphatic heterocycles. The quantitative estimate of drug-likeness (QED) is 0.771. The van der Waals surface area contributed by atoms with E-state index in [0.717, 1.165) is 19.4 Å². The smallest absolute Gasteiger partial charge is 0.410 e. The molecule has 2 aliphatic rings. The van der Waals surface area contributed by atoms with E-state index < -0.39 is 0 Å². The summed E-state index contributed by atoms with van der Waals surface area (Å²) in [6.07, 6.45) is 3.72. The number of amides is 1. The fourth-order valence-corrected chi connectivity index (χ4v) is 3.79. The number of carbonyl (C=O) groups is 1. The standard InChI is InChI=1S/C13H15NO2S/c1-2-4-13(10-3-5-17-8-10)6-11-7-16-12(15)14(11)9-13/h2-3,5,8,11H,1,4,6-7,9H2. The van der Waals surface area contributed by atoms with E-state index in [4.69, 9.17) is 4.74 Å². The lowest BCUT2D eigenvalue weighted by molar-refractivity contribution is 0.154. The predicted molar refractivity (Wildman–Crippen MR) is 67.3 cm³/mol. The highest BCUT2D eigenvalue weighted by atomic mass is 32.1. The van der Waals surface area contributed by atoms with Crippen LogP contribution in [0.1, 0.15) is 18.4 Å². The molecular weight excluding hydrogens is 234 g/mol. The number of rotatable bonds is 3. The molecule has 90 valence electrons. The maximum Gasteiger partial charge on any atom is 0.410 e. The Kier molecular flexibility index (Phi) is 2.47. The van der Waals surface area contributed by atoms with Crippen LogP contribution >= 0.6 is 11.3 Å². The lowest BCUT2D eigenvalue weighted by atomic mass is 9.77. The SMILES string of the molecule is C=CCC1(c2ccsc2)CC2COC(=O)N2C1. The van der Waals surface area contributed by atoms with Crippen LogP contribution in [0, 0.1) is 0 Å². The van der Waals surface area contributed by atoms with E-state index >= 15 is 0 Å². The van der Waals surface area contributed by atoms with Crippen molar-refractivity contribution in [2.75, 3.05) is 13.2 Å². The van der Waals surface area contributed by atoms with Crippen LogP contribution in [0.4, 0.5) is 4.79 Å². The third kappa shape index (κ3) is 1.59. The zero-order valence-corrected chi connectivity index (χ0v) is 10.4. The molecule has 0 saturated carbocycles. The Labute approximate surface area is 105 Å². The molecule has 2 atom stereocenters. The topological polar surface area (TPSA) is 29.5 Å². The largest absolute Gasteiger partial charge is 0.447 e. The Hall–Kier alpha value is -1.29. The van der Waals surface area contributed by atoms with Crippen molar-refractivity contribution in [3.05, 3.63) is 35.0 Å². The van der Waals surface area contributed by atoms with E-state index in [9.17, 15) is 4.79 Å². The Bertz CT molecular complexity index is 442. The van der Waals surface area contributed by atoms with Crippen LogP contribution in [0.3, 0.4) is 0 Å². The minimum absolute atomic E-state index is 0.0614. The zero-order valence-electron chi connectivity index (χ0n) is 9.59. The molecule has 3 rings (SSSR count). The maximum atomic E-state index is 11.6. The summed E-state index contributed by atoms with van der Waals surface area (Å²) in [5, 5.41) is 4.29. The highest BCUT2D eigenvalue weighted by Crippen LogP contribution is 2.43. The Morgan fingerprint density at radius 2 is 2.59 bits per heavy atom. The number of allylic oxidation sites excluding steroid dienone is 1. The second-order valence-electron chi connectivity index (χ2n) is 4.85. The second kappa shape index (κ2) is 3.88. The summed E-state index contributed by atoms with van der Waals surface area (Å²) >= 11 is 1.71. The third-order valence-electron chi connectivity index (χ3n) is 3.84. The Morgan fingerprint density at radius 1 is 1.71 bits per heavy atom. The van der Waals surface area contributed by atoms with Crippen molar-refractivity contribution in [3.8, 4) is 0 Å². The molecule has 1 aromatic heterocycles. The van der Waals surface area contributed by atoms with Gasteiger partial charge in [0.1, 0.15) is 6.61 Å². The molecule has 0 radical (unpaired) electrons. The number of thiophene rings is 1. The van der Waals surface area contributed by atoms with Gasteiger partial charge in [0, 0.05) is 12.0 Å². The van der Waals surface area contributed by atoms with Crippen LogP contribution in [-0.4, -0.2) is 30.2 Å². The first-order valence-corrected chi connectivity index (χ1v) is 6.76. The molecule has 0 spiro atoms. The number of hydrogen-bond donors (Lipinski definition) is 0. The lowest BCUT2D eigenvalue weighted by Gasteiger charge is -2.27. The second-order valence-corrected chi connectivity index (χ2v) is 5.63. The minimum Gasteiger partial charge on any atom is -0.447 e. The fourth-order valence-electron chi connectivity index (χ4n) is 3.01. The van der Waals surface area contributed by atoms with Crippen molar-refractivity contribution in [1.29, 1.82) is 0 Å². The highest BCUT2D eigenvalue weighted by Gasteiger charge is 2.50. The first-order valence-electron chi connectivity index (χ1n) is 5.82. The van der Waals surface area contributed by atoms with Gasteiger partial charge < -0.3 is 9.64 Å². The maximum absolute atomic E-state index is 11.6. The van der Waals surface area contributed by atoms with Gasteiger partial charge in [-0.15, -0.1) is 6.58 Å². The molecule has 0 bridgehead atoms. The molecule has 2 saturated heterocycles. The molecule has 3 nitrogen and oxygen atoms in total. The van der Waals surface area contributed by atoms with Crippen LogP contribution in [0.25, 0.3) is 0 Å². The number of hydrogen-bond acceptors (Lipinski definition) is 3. The van der Waals surface area contributed by atoms with Crippen molar-refractivity contribution >= 4 is 17.4 Å². The monoisotopic (exact) mass is 249 g/mol. The zero-order chi connectivity index (χ0) is 11.9. The van der Waals surface area contributed by atoms with Crippen molar-refractivity contribution < 1.29 is 9.53 Å². The van der Waals surface area contributed by atoms with Crippen molar-refractivity contribution in [2.45, 2.75) is 24.3 Å². The van der Waals surface area contributed by atoms with Crippen molar-refractivity contribution in [1.82, 2.24) is 4.90 Å². The molecule has 0 aliphatic carbocycles. The van der Waals surface area contributed by atoms with E-state index in [1.165, 1.54) is 5.56 Å². The summed E-state index contributed by atoms with van der Waals surface area (Å²) in [4.78, 5) is 13.5. The molecule has 0 N–H and O–H groups in total. The third-order valence-corrected chi connectivity index (χ3v) is 4.53. The van der Waals surface area contributed by atoms with Crippen LogP contribution < -0.4 is 0 Å². The van der Waals surface area contributed by atoms with Gasteiger partial charge in [0.2, 0.25) is 0 Å². The summed E-state index contributed by atoms with van der Waals surface area (Å²) in [6.45, 7) is 5.17. The lowest BCUT2D eigenvalue weighted by Crippen LogP contribution is -2.32. The fraction of sp³-hybridized carbons (Fsp3) is 0.462. The average molecular weight is 249 g/mol. The van der Waals surface area contributed by atoms with Crippen LogP contribution in [0.2, 0.25) is 0 Å². The number of ether oxygens (including phenoxy) is 1. The van der Waals surface area contributed by atoms with Gasteiger partial charge in [-0.05, 0) is 35.2 Å². The van der Waals surface area contributed by atoms with Gasteiger partial charge in [-0.1, -0.05) is 6.08 Å². The van der Waals surface area contributed by atoms with Crippen LogP contribution in [-0.2, 0) is 10.2 Å². The molecule has 0 aromatic carbocycles. The van der Waals surface area contributed by atoms with Gasteiger partial charge in [0.25, 0.3) is 0 Å². The van der Waals surface area contributed by atoms with Gasteiger partial charge in [0.15, 0.2) is 0 Å². The molecule has 1 amide bonds. The minimum atomic E-state index is -0.156. The van der Waals surface area contributed by atoms with Gasteiger partial charge in [0.05, 0.1) is 6.04 Å². The number of cyclic esters (lactones) is 1. The van der Waals surface area contributed by atoms with Gasteiger partial charge >= 0.3 is 6.09 Å². The molecule has 17 heavy (non-hydrogen) atoms. The number of carbonyl (C=O) groups excluding carboxylic acids is 1. The van der Waals surface area contributed by atoms with E-state index in [1.807, 2.05) is 11.0 Å². The van der Waals surface area contributed by atoms with E-state index in [1.54, 1.807) is 11.3 Å². The Balaban J connectivity index is 1.93. The van der Waals surface area contributed by atoms with Crippen LogP contribution in [0.15, 0.2) is 29.5 Å². The molecule has 2 fully saturated rings. The summed E-state index contributed by atoms with van der Waals surface area (Å²) in [7, 11) is 0. The average Bonchev–Trinajstić information content (AvgIpc) is 2.97. The van der Waals surface area contributed by atoms with E-state index in [-0.39, 0.29) is 17.6 Å². The van der Waals surface area contributed by atoms with Gasteiger partial charge in [-0.25, -0.2) is 4.79 Å². The van der Waals surface area contributed by atoms with E-state index in [2.05, 4.69) is 23.4 Å². The number of nitrogens with zero attached hydrogens (tertiary/aromatic N) is 1. The van der Waals surface area contributed by atoms with Crippen LogP contribution in [0.5, 0.6) is 0 Å². The summed E-state index contributed by atoms with van der Waals surface area (Å²) in [6, 6.07) is 2.42. The first-order chi connectivity index (χ1) is 8.25.